The summed E-state index contributed by atoms with van der Waals surface area (Å²) in [6.07, 6.45) is 0.502. The van der Waals surface area contributed by atoms with Crippen molar-refractivity contribution in [3.05, 3.63) is 87.9 Å². The van der Waals surface area contributed by atoms with E-state index in [9.17, 15) is 14.0 Å². The third-order valence-corrected chi connectivity index (χ3v) is 6.66. The fourth-order valence-electron chi connectivity index (χ4n) is 3.88. The minimum Gasteiger partial charge on any atom is -0.497 e. The lowest BCUT2D eigenvalue weighted by atomic mass is 10.0. The summed E-state index contributed by atoms with van der Waals surface area (Å²) >= 11 is 1.54. The van der Waals surface area contributed by atoms with Crippen LogP contribution in [0.4, 0.5) is 4.39 Å². The summed E-state index contributed by atoms with van der Waals surface area (Å²) in [5.74, 6) is -0.336. The van der Waals surface area contributed by atoms with Crippen molar-refractivity contribution in [1.29, 1.82) is 0 Å². The Morgan fingerprint density at radius 2 is 1.86 bits per heavy atom. The summed E-state index contributed by atoms with van der Waals surface area (Å²) in [4.78, 5) is 29.2. The second-order valence-electron chi connectivity index (χ2n) is 7.98. The fraction of sp³-hybridized carbons (Fsp3) is 0.269. The maximum absolute atomic E-state index is 13.5. The number of rotatable bonds is 9. The minimum absolute atomic E-state index is 0.173. The van der Waals surface area contributed by atoms with Gasteiger partial charge in [0.05, 0.1) is 30.3 Å². The second-order valence-corrected chi connectivity index (χ2v) is 8.93. The first-order chi connectivity index (χ1) is 17.0. The monoisotopic (exact) mass is 495 g/mol. The molecule has 3 aromatic rings. The van der Waals surface area contributed by atoms with Crippen LogP contribution in [0.3, 0.4) is 0 Å². The number of ether oxygens (including phenoxy) is 2. The molecule has 4 rings (SSSR count). The van der Waals surface area contributed by atoms with E-state index in [1.54, 1.807) is 62.0 Å². The number of carbonyl (C=O) groups is 2. The summed E-state index contributed by atoms with van der Waals surface area (Å²) in [7, 11) is 3.10. The molecule has 0 N–H and O–H groups in total. The number of nitrogens with zero attached hydrogens (tertiary/aromatic N) is 3. The number of halogens is 1. The van der Waals surface area contributed by atoms with Gasteiger partial charge in [-0.2, -0.15) is 5.10 Å². The van der Waals surface area contributed by atoms with Gasteiger partial charge in [-0.25, -0.2) is 9.40 Å². The highest BCUT2D eigenvalue weighted by Crippen LogP contribution is 2.34. The van der Waals surface area contributed by atoms with Gasteiger partial charge in [-0.1, -0.05) is 18.2 Å². The van der Waals surface area contributed by atoms with Crippen molar-refractivity contribution in [2.24, 2.45) is 5.10 Å². The van der Waals surface area contributed by atoms with Gasteiger partial charge in [0.1, 0.15) is 18.1 Å². The molecular weight excluding hydrogens is 469 g/mol. The molecule has 2 aromatic carbocycles. The second kappa shape index (κ2) is 11.2. The van der Waals surface area contributed by atoms with Gasteiger partial charge < -0.3 is 14.4 Å². The number of benzene rings is 2. The molecule has 1 aromatic heterocycles. The highest BCUT2D eigenvalue weighted by atomic mass is 32.1. The van der Waals surface area contributed by atoms with Crippen LogP contribution >= 0.6 is 11.3 Å². The summed E-state index contributed by atoms with van der Waals surface area (Å²) in [6.45, 7) is 0.344. The fourth-order valence-corrected chi connectivity index (χ4v) is 4.60. The van der Waals surface area contributed by atoms with Gasteiger partial charge in [-0.05, 0) is 53.4 Å². The molecule has 0 saturated heterocycles. The number of thiophene rings is 1. The van der Waals surface area contributed by atoms with Crippen LogP contribution in [0.2, 0.25) is 0 Å². The lowest BCUT2D eigenvalue weighted by Gasteiger charge is -2.27. The van der Waals surface area contributed by atoms with Gasteiger partial charge in [0.15, 0.2) is 0 Å². The van der Waals surface area contributed by atoms with Crippen LogP contribution in [0, 0.1) is 5.82 Å². The molecule has 0 spiro atoms. The van der Waals surface area contributed by atoms with E-state index in [0.717, 1.165) is 16.2 Å². The molecule has 0 fully saturated rings. The Hall–Kier alpha value is -3.56. The average Bonchev–Trinajstić information content (AvgIpc) is 3.57. The zero-order chi connectivity index (χ0) is 24.8. The number of carbonyl (C=O) groups excluding carboxylic acids is 2. The quantitative estimate of drug-likeness (QED) is 0.442. The lowest BCUT2D eigenvalue weighted by molar-refractivity contribution is -0.133. The summed E-state index contributed by atoms with van der Waals surface area (Å²) in [5.41, 5.74) is 2.00. The summed E-state index contributed by atoms with van der Waals surface area (Å²) in [5, 5.41) is 8.00. The Labute approximate surface area is 207 Å². The zero-order valence-electron chi connectivity index (χ0n) is 19.5. The standard InChI is InChI=1S/C26H26FN3O4S/c1-33-14-13-29(26(32)19-7-11-21(34-2)12-8-19)17-25(31)30-23(18-5-9-20(27)10-6-18)16-22(28-30)24-4-3-15-35-24/h3-12,15,23H,13-14,16-17H2,1-2H3. The number of methoxy groups -OCH3 is 2. The van der Waals surface area contributed by atoms with Crippen molar-refractivity contribution in [3.63, 3.8) is 0 Å². The Balaban J connectivity index is 1.59. The van der Waals surface area contributed by atoms with Crippen LogP contribution in [-0.2, 0) is 9.53 Å². The number of amides is 2. The van der Waals surface area contributed by atoms with Crippen molar-refractivity contribution in [3.8, 4) is 5.75 Å². The van der Waals surface area contributed by atoms with Crippen LogP contribution in [0.25, 0.3) is 0 Å². The highest BCUT2D eigenvalue weighted by molar-refractivity contribution is 7.12. The van der Waals surface area contributed by atoms with Crippen LogP contribution in [0.5, 0.6) is 5.75 Å². The number of hydrogen-bond donors (Lipinski definition) is 0. The van der Waals surface area contributed by atoms with Gasteiger partial charge in [0, 0.05) is 25.6 Å². The molecule has 182 valence electrons. The summed E-state index contributed by atoms with van der Waals surface area (Å²) < 4.78 is 23.9. The van der Waals surface area contributed by atoms with Crippen molar-refractivity contribution in [2.75, 3.05) is 33.9 Å². The zero-order valence-corrected chi connectivity index (χ0v) is 20.3. The third-order valence-electron chi connectivity index (χ3n) is 5.74. The van der Waals surface area contributed by atoms with E-state index >= 15 is 0 Å². The average molecular weight is 496 g/mol. The summed E-state index contributed by atoms with van der Waals surface area (Å²) in [6, 6.07) is 16.3. The molecule has 1 unspecified atom stereocenters. The molecule has 9 heteroatoms. The molecule has 1 atom stereocenters. The number of hydrazone groups is 1. The normalized spacial score (nSPS) is 15.1. The molecule has 2 heterocycles. The van der Waals surface area contributed by atoms with Crippen molar-refractivity contribution < 1.29 is 23.5 Å². The SMILES string of the molecule is COCCN(CC(=O)N1N=C(c2cccs2)CC1c1ccc(F)cc1)C(=O)c1ccc(OC)cc1. The predicted octanol–water partition coefficient (Wildman–Crippen LogP) is 4.36. The lowest BCUT2D eigenvalue weighted by Crippen LogP contribution is -2.42. The topological polar surface area (TPSA) is 71.4 Å². The molecule has 2 amide bonds. The Bertz CT molecular complexity index is 1180. The smallest absolute Gasteiger partial charge is 0.262 e. The molecule has 7 nitrogen and oxygen atoms in total. The highest BCUT2D eigenvalue weighted by Gasteiger charge is 2.34. The maximum Gasteiger partial charge on any atom is 0.262 e. The van der Waals surface area contributed by atoms with Crippen molar-refractivity contribution >= 4 is 28.9 Å². The van der Waals surface area contributed by atoms with Crippen molar-refractivity contribution in [1.82, 2.24) is 9.91 Å². The van der Waals surface area contributed by atoms with Gasteiger partial charge in [-0.3, -0.25) is 9.59 Å². The molecular formula is C26H26FN3O4S. The van der Waals surface area contributed by atoms with Gasteiger partial charge >= 0.3 is 0 Å². The van der Waals surface area contributed by atoms with Crippen LogP contribution < -0.4 is 4.74 Å². The van der Waals surface area contributed by atoms with Crippen LogP contribution in [0.15, 0.2) is 71.1 Å². The van der Waals surface area contributed by atoms with E-state index in [2.05, 4.69) is 5.10 Å². The maximum atomic E-state index is 13.5. The predicted molar refractivity (Wildman–Crippen MR) is 132 cm³/mol. The molecule has 0 bridgehead atoms. The molecule has 0 saturated carbocycles. The van der Waals surface area contributed by atoms with Gasteiger partial charge in [0.25, 0.3) is 11.8 Å². The van der Waals surface area contributed by atoms with Crippen LogP contribution in [0.1, 0.15) is 33.3 Å². The third kappa shape index (κ3) is 5.75. The van der Waals surface area contributed by atoms with E-state index in [0.29, 0.717) is 17.7 Å². The van der Waals surface area contributed by atoms with Gasteiger partial charge in [0.2, 0.25) is 0 Å². The first-order valence-corrected chi connectivity index (χ1v) is 12.0. The molecule has 1 aliphatic heterocycles. The van der Waals surface area contributed by atoms with E-state index in [4.69, 9.17) is 9.47 Å². The Kier molecular flexibility index (Phi) is 7.89. The van der Waals surface area contributed by atoms with E-state index < -0.39 is 0 Å². The molecule has 1 aliphatic rings. The molecule has 35 heavy (non-hydrogen) atoms. The first-order valence-electron chi connectivity index (χ1n) is 11.1. The number of hydrogen-bond acceptors (Lipinski definition) is 6. The Morgan fingerprint density at radius 3 is 2.49 bits per heavy atom. The first kappa shape index (κ1) is 24.6. The van der Waals surface area contributed by atoms with E-state index in [1.165, 1.54) is 22.0 Å². The van der Waals surface area contributed by atoms with Gasteiger partial charge in [-0.15, -0.1) is 11.3 Å². The van der Waals surface area contributed by atoms with E-state index in [1.807, 2.05) is 17.5 Å². The largest absolute Gasteiger partial charge is 0.497 e. The Morgan fingerprint density at radius 1 is 1.11 bits per heavy atom. The van der Waals surface area contributed by atoms with Crippen LogP contribution in [-0.4, -0.2) is 61.4 Å². The molecule has 0 radical (unpaired) electrons. The molecule has 0 aliphatic carbocycles. The van der Waals surface area contributed by atoms with Crippen molar-refractivity contribution in [2.45, 2.75) is 12.5 Å². The van der Waals surface area contributed by atoms with E-state index in [-0.39, 0.29) is 43.4 Å². The minimum atomic E-state index is -0.388.